The van der Waals surface area contributed by atoms with Crippen LogP contribution in [0, 0.1) is 0 Å². The number of imidazole rings is 1. The van der Waals surface area contributed by atoms with Crippen LogP contribution in [0.3, 0.4) is 0 Å². The Bertz CT molecular complexity index is 286. The molecule has 0 saturated carbocycles. The molecule has 2 heterocycles. The molecule has 0 atom stereocenters. The molecule has 0 aliphatic rings. The lowest BCUT2D eigenvalue weighted by atomic mass is 11.0. The van der Waals surface area contributed by atoms with Crippen molar-refractivity contribution in [2.75, 3.05) is 12.5 Å². The van der Waals surface area contributed by atoms with Gasteiger partial charge in [-0.2, -0.15) is 0 Å². The van der Waals surface area contributed by atoms with Gasteiger partial charge in [-0.1, -0.05) is 27.7 Å². The van der Waals surface area contributed by atoms with E-state index in [-0.39, 0.29) is 0 Å². The summed E-state index contributed by atoms with van der Waals surface area (Å²) in [6.45, 7) is 8.00. The van der Waals surface area contributed by atoms with Crippen molar-refractivity contribution >= 4 is 34.9 Å². The molecule has 2 rings (SSSR count). The van der Waals surface area contributed by atoms with Gasteiger partial charge in [0.2, 0.25) is 0 Å². The summed E-state index contributed by atoms with van der Waals surface area (Å²) in [6.07, 6.45) is 7.50. The van der Waals surface area contributed by atoms with E-state index in [1.165, 1.54) is 0 Å². The SMILES string of the molecule is CC.CC.CSc1cnc[nH]1.CSc1cscn1. The van der Waals surface area contributed by atoms with E-state index in [1.807, 2.05) is 51.1 Å². The van der Waals surface area contributed by atoms with Crippen molar-refractivity contribution in [1.29, 1.82) is 0 Å². The third-order valence-corrected chi connectivity index (χ3v) is 3.35. The van der Waals surface area contributed by atoms with E-state index in [9.17, 15) is 0 Å². The molecule has 0 radical (unpaired) electrons. The van der Waals surface area contributed by atoms with Crippen LogP contribution >= 0.6 is 34.9 Å². The third-order valence-electron chi connectivity index (χ3n) is 1.31. The summed E-state index contributed by atoms with van der Waals surface area (Å²) in [4.78, 5) is 10.8. The minimum atomic E-state index is 1.11. The Balaban J connectivity index is 0. The van der Waals surface area contributed by atoms with Crippen molar-refractivity contribution in [2.24, 2.45) is 0 Å². The van der Waals surface area contributed by atoms with Crippen molar-refractivity contribution in [3.05, 3.63) is 23.4 Å². The number of hydrogen-bond acceptors (Lipinski definition) is 5. The van der Waals surface area contributed by atoms with E-state index in [0.717, 1.165) is 10.1 Å². The van der Waals surface area contributed by atoms with Crippen molar-refractivity contribution in [2.45, 2.75) is 37.7 Å². The van der Waals surface area contributed by atoms with E-state index in [0.29, 0.717) is 0 Å². The summed E-state index contributed by atoms with van der Waals surface area (Å²) < 4.78 is 0. The third kappa shape index (κ3) is 10.7. The van der Waals surface area contributed by atoms with Crippen LogP contribution in [0.1, 0.15) is 27.7 Å². The fraction of sp³-hybridized carbons (Fsp3) is 0.500. The number of aromatic amines is 1. The number of H-pyrrole nitrogens is 1. The lowest BCUT2D eigenvalue weighted by Gasteiger charge is -1.79. The van der Waals surface area contributed by atoms with Gasteiger partial charge in [-0.25, -0.2) is 9.97 Å². The number of nitrogens with zero attached hydrogens (tertiary/aromatic N) is 2. The highest BCUT2D eigenvalue weighted by molar-refractivity contribution is 7.98. The quantitative estimate of drug-likeness (QED) is 0.788. The molecule has 0 aliphatic heterocycles. The zero-order valence-corrected chi connectivity index (χ0v) is 14.4. The van der Waals surface area contributed by atoms with E-state index < -0.39 is 0 Å². The van der Waals surface area contributed by atoms with Gasteiger partial charge in [0, 0.05) is 5.38 Å². The first-order chi connectivity index (χ1) is 8.86. The van der Waals surface area contributed by atoms with E-state index in [1.54, 1.807) is 47.4 Å². The van der Waals surface area contributed by atoms with Crippen molar-refractivity contribution < 1.29 is 0 Å². The van der Waals surface area contributed by atoms with Crippen molar-refractivity contribution in [3.63, 3.8) is 0 Å². The summed E-state index contributed by atoms with van der Waals surface area (Å²) in [5, 5.41) is 4.26. The molecular weight excluding hydrogens is 282 g/mol. The lowest BCUT2D eigenvalue weighted by Crippen LogP contribution is -1.60. The first-order valence-corrected chi connectivity index (χ1v) is 9.20. The Morgan fingerprint density at radius 1 is 1.11 bits per heavy atom. The highest BCUT2D eigenvalue weighted by Crippen LogP contribution is 2.12. The molecule has 2 aromatic heterocycles. The molecule has 0 unspecified atom stereocenters. The standard InChI is InChI=1S/C4H6N2S.C4H5NS2.2C2H6/c1-7-4-2-5-3-6-4;1-6-4-2-7-3-5-4;2*1-2/h2-3H,1H3,(H,5,6);2-3H,1H3;2*1-2H3. The fourth-order valence-corrected chi connectivity index (χ4v) is 2.18. The minimum absolute atomic E-state index is 1.11. The lowest BCUT2D eigenvalue weighted by molar-refractivity contribution is 1.20. The maximum Gasteiger partial charge on any atom is 0.107 e. The van der Waals surface area contributed by atoms with Crippen LogP contribution in [0.4, 0.5) is 0 Å². The molecule has 3 nitrogen and oxygen atoms in total. The Kier molecular flexibility index (Phi) is 18.3. The van der Waals surface area contributed by atoms with E-state index >= 15 is 0 Å². The predicted molar refractivity (Wildman–Crippen MR) is 87.0 cm³/mol. The molecule has 1 N–H and O–H groups in total. The summed E-state index contributed by atoms with van der Waals surface area (Å²) in [5.74, 6) is 0. The zero-order valence-electron chi connectivity index (χ0n) is 11.9. The Labute approximate surface area is 123 Å². The summed E-state index contributed by atoms with van der Waals surface area (Å²) in [7, 11) is 0. The molecule has 0 saturated heterocycles. The van der Waals surface area contributed by atoms with Gasteiger partial charge in [-0.05, 0) is 12.5 Å². The monoisotopic (exact) mass is 305 g/mol. The second-order valence-electron chi connectivity index (χ2n) is 2.15. The number of hydrogen-bond donors (Lipinski definition) is 1. The van der Waals surface area contributed by atoms with Crippen molar-refractivity contribution in [3.8, 4) is 0 Å². The van der Waals surface area contributed by atoms with Crippen LogP contribution in [0.5, 0.6) is 0 Å². The molecule has 0 bridgehead atoms. The Morgan fingerprint density at radius 3 is 2.00 bits per heavy atom. The second-order valence-corrected chi connectivity index (χ2v) is 4.54. The highest BCUT2D eigenvalue weighted by Gasteiger charge is 1.85. The van der Waals surface area contributed by atoms with E-state index in [4.69, 9.17) is 0 Å². The van der Waals surface area contributed by atoms with Gasteiger partial charge in [0.1, 0.15) is 5.03 Å². The summed E-state index contributed by atoms with van der Waals surface area (Å²) in [5.41, 5.74) is 1.84. The molecule has 0 aliphatic carbocycles. The van der Waals surface area contributed by atoms with Gasteiger partial charge in [0.05, 0.1) is 23.1 Å². The zero-order chi connectivity index (χ0) is 14.2. The number of rotatable bonds is 2. The van der Waals surface area contributed by atoms with Crippen LogP contribution in [0.15, 0.2) is 33.5 Å². The van der Waals surface area contributed by atoms with Gasteiger partial charge in [0.15, 0.2) is 0 Å². The van der Waals surface area contributed by atoms with Crippen LogP contribution < -0.4 is 0 Å². The van der Waals surface area contributed by atoms with Gasteiger partial charge in [0.25, 0.3) is 0 Å². The largest absolute Gasteiger partial charge is 0.340 e. The first-order valence-electron chi connectivity index (χ1n) is 5.81. The first kappa shape index (κ1) is 19.9. The minimum Gasteiger partial charge on any atom is -0.340 e. The highest BCUT2D eigenvalue weighted by atomic mass is 32.2. The predicted octanol–water partition coefficient (Wildman–Crippen LogP) is 5.05. The molecule has 2 aromatic rings. The Hall–Kier alpha value is -0.460. The Morgan fingerprint density at radius 2 is 1.78 bits per heavy atom. The average molecular weight is 306 g/mol. The van der Waals surface area contributed by atoms with Gasteiger partial charge >= 0.3 is 0 Å². The summed E-state index contributed by atoms with van der Waals surface area (Å²) in [6, 6.07) is 0. The van der Waals surface area contributed by atoms with Crippen LogP contribution in [-0.2, 0) is 0 Å². The normalized spacial score (nSPS) is 7.89. The number of thioether (sulfide) groups is 2. The number of nitrogens with one attached hydrogen (secondary N) is 1. The summed E-state index contributed by atoms with van der Waals surface area (Å²) >= 11 is 4.96. The molecule has 104 valence electrons. The molecular formula is C12H23N3S3. The fourth-order valence-electron chi connectivity index (χ4n) is 0.657. The molecule has 0 fully saturated rings. The molecule has 6 heteroatoms. The van der Waals surface area contributed by atoms with Gasteiger partial charge in [-0.3, -0.25) is 0 Å². The number of thiazole rings is 1. The van der Waals surface area contributed by atoms with Crippen LogP contribution in [-0.4, -0.2) is 27.5 Å². The van der Waals surface area contributed by atoms with Crippen LogP contribution in [0.25, 0.3) is 0 Å². The van der Waals surface area contributed by atoms with Gasteiger partial charge in [-0.15, -0.1) is 34.9 Å². The average Bonchev–Trinajstić information content (AvgIpc) is 3.17. The second kappa shape index (κ2) is 16.5. The number of aromatic nitrogens is 3. The van der Waals surface area contributed by atoms with E-state index in [2.05, 4.69) is 15.0 Å². The van der Waals surface area contributed by atoms with Crippen LogP contribution in [0.2, 0.25) is 0 Å². The molecule has 0 spiro atoms. The maximum absolute atomic E-state index is 4.02. The molecule has 18 heavy (non-hydrogen) atoms. The van der Waals surface area contributed by atoms with Crippen molar-refractivity contribution in [1.82, 2.24) is 15.0 Å². The molecule has 0 aromatic carbocycles. The topological polar surface area (TPSA) is 41.6 Å². The maximum atomic E-state index is 4.02. The molecule has 0 amide bonds. The van der Waals surface area contributed by atoms with Gasteiger partial charge < -0.3 is 4.98 Å². The smallest absolute Gasteiger partial charge is 0.107 e.